The van der Waals surface area contributed by atoms with Crippen LogP contribution in [-0.4, -0.2) is 30.4 Å². The molecule has 3 N–H and O–H groups in total. The van der Waals surface area contributed by atoms with Gasteiger partial charge in [-0.05, 0) is 44.9 Å². The topological polar surface area (TPSA) is 58.4 Å². The van der Waals surface area contributed by atoms with Crippen molar-refractivity contribution in [2.45, 2.75) is 59.7 Å². The molecule has 0 aliphatic carbocycles. The summed E-state index contributed by atoms with van der Waals surface area (Å²) in [6, 6.07) is 8.79. The zero-order valence-electron chi connectivity index (χ0n) is 15.4. The lowest BCUT2D eigenvalue weighted by Gasteiger charge is -2.29. The summed E-state index contributed by atoms with van der Waals surface area (Å²) in [5, 5.41) is 3.10. The van der Waals surface area contributed by atoms with E-state index < -0.39 is 5.41 Å². The molecule has 0 saturated carbocycles. The van der Waals surface area contributed by atoms with Crippen LogP contribution in [0.25, 0.3) is 0 Å². The highest BCUT2D eigenvalue weighted by atomic mass is 16.2. The molecular formula is C19H33N3O. The quantitative estimate of drug-likeness (QED) is 0.736. The molecule has 1 aromatic carbocycles. The Kier molecular flexibility index (Phi) is 7.73. The molecule has 0 radical (unpaired) electrons. The van der Waals surface area contributed by atoms with E-state index in [1.54, 1.807) is 0 Å². The van der Waals surface area contributed by atoms with Crippen LogP contribution in [0.4, 0.5) is 0 Å². The molecule has 4 heteroatoms. The molecule has 0 saturated heterocycles. The largest absolute Gasteiger partial charge is 0.351 e. The second-order valence-electron chi connectivity index (χ2n) is 6.65. The molecule has 0 fully saturated rings. The Morgan fingerprint density at radius 2 is 1.78 bits per heavy atom. The minimum Gasteiger partial charge on any atom is -0.351 e. The van der Waals surface area contributed by atoms with Gasteiger partial charge in [0.2, 0.25) is 5.91 Å². The van der Waals surface area contributed by atoms with Crippen LogP contribution in [0.1, 0.15) is 51.7 Å². The van der Waals surface area contributed by atoms with E-state index in [1.165, 1.54) is 11.1 Å². The molecule has 0 bridgehead atoms. The van der Waals surface area contributed by atoms with Crippen LogP contribution in [0.15, 0.2) is 24.3 Å². The van der Waals surface area contributed by atoms with Gasteiger partial charge in [-0.3, -0.25) is 9.69 Å². The Morgan fingerprint density at radius 1 is 1.22 bits per heavy atom. The van der Waals surface area contributed by atoms with Gasteiger partial charge in [0.1, 0.15) is 0 Å². The number of hydrogen-bond acceptors (Lipinski definition) is 3. The van der Waals surface area contributed by atoms with Gasteiger partial charge in [0.05, 0.1) is 5.41 Å². The molecule has 0 atom stereocenters. The minimum atomic E-state index is -0.441. The van der Waals surface area contributed by atoms with E-state index in [4.69, 9.17) is 5.73 Å². The summed E-state index contributed by atoms with van der Waals surface area (Å²) in [5.74, 6) is 0.0667. The first-order chi connectivity index (χ1) is 10.9. The van der Waals surface area contributed by atoms with Crippen LogP contribution in [0.5, 0.6) is 0 Å². The number of carbonyl (C=O) groups excluding carboxylic acids is 1. The van der Waals surface area contributed by atoms with Crippen molar-refractivity contribution in [1.82, 2.24) is 10.2 Å². The smallest absolute Gasteiger partial charge is 0.227 e. The lowest BCUT2D eigenvalue weighted by Crippen LogP contribution is -2.45. The summed E-state index contributed by atoms with van der Waals surface area (Å²) >= 11 is 0. The molecule has 0 aromatic heterocycles. The Morgan fingerprint density at radius 3 is 2.26 bits per heavy atom. The SMILES string of the molecule is CCC(CC)(CN)C(=O)NCc1ccccc1CN(C)C(C)C. The van der Waals surface area contributed by atoms with E-state index in [9.17, 15) is 4.79 Å². The van der Waals surface area contributed by atoms with E-state index in [-0.39, 0.29) is 5.91 Å². The predicted octanol–water partition coefficient (Wildman–Crippen LogP) is 2.91. The van der Waals surface area contributed by atoms with Gasteiger partial charge in [-0.1, -0.05) is 38.1 Å². The molecule has 130 valence electrons. The Hall–Kier alpha value is -1.39. The van der Waals surface area contributed by atoms with Gasteiger partial charge in [0.15, 0.2) is 0 Å². The maximum Gasteiger partial charge on any atom is 0.227 e. The van der Waals surface area contributed by atoms with E-state index in [0.717, 1.165) is 19.4 Å². The number of hydrogen-bond donors (Lipinski definition) is 2. The van der Waals surface area contributed by atoms with Gasteiger partial charge in [-0.2, -0.15) is 0 Å². The summed E-state index contributed by atoms with van der Waals surface area (Å²) in [4.78, 5) is 14.9. The van der Waals surface area contributed by atoms with Crippen molar-refractivity contribution in [2.24, 2.45) is 11.1 Å². The van der Waals surface area contributed by atoms with Crippen molar-refractivity contribution in [1.29, 1.82) is 0 Å². The third-order valence-electron chi connectivity index (χ3n) is 5.09. The first-order valence-corrected chi connectivity index (χ1v) is 8.65. The monoisotopic (exact) mass is 319 g/mol. The summed E-state index contributed by atoms with van der Waals surface area (Å²) in [6.45, 7) is 10.3. The second kappa shape index (κ2) is 9.04. The summed E-state index contributed by atoms with van der Waals surface area (Å²) in [5.41, 5.74) is 7.85. The van der Waals surface area contributed by atoms with Crippen molar-refractivity contribution in [3.8, 4) is 0 Å². The fraction of sp³-hybridized carbons (Fsp3) is 0.632. The summed E-state index contributed by atoms with van der Waals surface area (Å²) in [6.07, 6.45) is 1.53. The van der Waals surface area contributed by atoms with Crippen molar-refractivity contribution < 1.29 is 4.79 Å². The first kappa shape index (κ1) is 19.7. The number of amides is 1. The Balaban J connectivity index is 2.80. The van der Waals surface area contributed by atoms with E-state index in [1.807, 2.05) is 19.9 Å². The molecule has 0 aliphatic rings. The summed E-state index contributed by atoms with van der Waals surface area (Å²) < 4.78 is 0. The second-order valence-corrected chi connectivity index (χ2v) is 6.65. The van der Waals surface area contributed by atoms with Crippen LogP contribution in [0, 0.1) is 5.41 Å². The minimum absolute atomic E-state index is 0.0667. The van der Waals surface area contributed by atoms with Crippen LogP contribution < -0.4 is 11.1 Å². The van der Waals surface area contributed by atoms with Crippen molar-refractivity contribution in [3.63, 3.8) is 0 Å². The standard InChI is InChI=1S/C19H33N3O/c1-6-19(7-2,14-20)18(23)21-12-16-10-8-9-11-17(16)13-22(5)15(3)4/h8-11,15H,6-7,12-14,20H2,1-5H3,(H,21,23). The maximum atomic E-state index is 12.6. The molecule has 0 unspecified atom stereocenters. The highest BCUT2D eigenvalue weighted by molar-refractivity contribution is 5.82. The van der Waals surface area contributed by atoms with Crippen LogP contribution >= 0.6 is 0 Å². The third-order valence-corrected chi connectivity index (χ3v) is 5.09. The molecule has 0 aliphatic heterocycles. The molecule has 4 nitrogen and oxygen atoms in total. The average molecular weight is 319 g/mol. The van der Waals surface area contributed by atoms with Gasteiger partial charge in [0, 0.05) is 25.7 Å². The highest BCUT2D eigenvalue weighted by Gasteiger charge is 2.33. The fourth-order valence-corrected chi connectivity index (χ4v) is 2.65. The van der Waals surface area contributed by atoms with Gasteiger partial charge < -0.3 is 11.1 Å². The average Bonchev–Trinajstić information content (AvgIpc) is 2.56. The molecule has 0 heterocycles. The van der Waals surface area contributed by atoms with Crippen LogP contribution in [0.2, 0.25) is 0 Å². The van der Waals surface area contributed by atoms with Gasteiger partial charge in [0.25, 0.3) is 0 Å². The number of carbonyl (C=O) groups is 1. The van der Waals surface area contributed by atoms with E-state index in [2.05, 4.69) is 49.3 Å². The van der Waals surface area contributed by atoms with Gasteiger partial charge in [-0.15, -0.1) is 0 Å². The van der Waals surface area contributed by atoms with Crippen LogP contribution in [-0.2, 0) is 17.9 Å². The lowest BCUT2D eigenvalue weighted by molar-refractivity contribution is -0.131. The van der Waals surface area contributed by atoms with Crippen molar-refractivity contribution >= 4 is 5.91 Å². The number of nitrogens with one attached hydrogen (secondary N) is 1. The predicted molar refractivity (Wildman–Crippen MR) is 97.0 cm³/mol. The molecule has 1 amide bonds. The lowest BCUT2D eigenvalue weighted by atomic mass is 9.81. The molecular weight excluding hydrogens is 286 g/mol. The maximum absolute atomic E-state index is 12.6. The van der Waals surface area contributed by atoms with E-state index >= 15 is 0 Å². The molecule has 1 aromatic rings. The normalized spacial score (nSPS) is 12.0. The number of nitrogens with two attached hydrogens (primary N) is 1. The first-order valence-electron chi connectivity index (χ1n) is 8.65. The zero-order valence-corrected chi connectivity index (χ0v) is 15.4. The number of rotatable bonds is 9. The third kappa shape index (κ3) is 5.05. The molecule has 23 heavy (non-hydrogen) atoms. The Labute approximate surface area is 141 Å². The van der Waals surface area contributed by atoms with Crippen LogP contribution in [0.3, 0.4) is 0 Å². The fourth-order valence-electron chi connectivity index (χ4n) is 2.65. The van der Waals surface area contributed by atoms with Crippen molar-refractivity contribution in [2.75, 3.05) is 13.6 Å². The highest BCUT2D eigenvalue weighted by Crippen LogP contribution is 2.25. The van der Waals surface area contributed by atoms with Crippen molar-refractivity contribution in [3.05, 3.63) is 35.4 Å². The molecule has 0 spiro atoms. The van der Waals surface area contributed by atoms with Gasteiger partial charge in [-0.25, -0.2) is 0 Å². The Bertz CT molecular complexity index is 487. The zero-order chi connectivity index (χ0) is 17.5. The number of benzene rings is 1. The molecule has 1 rings (SSSR count). The van der Waals surface area contributed by atoms with Gasteiger partial charge >= 0.3 is 0 Å². The van der Waals surface area contributed by atoms with E-state index in [0.29, 0.717) is 19.1 Å². The number of nitrogens with zero attached hydrogens (tertiary/aromatic N) is 1. The summed E-state index contributed by atoms with van der Waals surface area (Å²) in [7, 11) is 2.12.